The van der Waals surface area contributed by atoms with Gasteiger partial charge in [0.05, 0.1) is 27.6 Å². The monoisotopic (exact) mass is 753 g/mol. The number of fused-ring (bicyclic) bond motifs is 9. The van der Waals surface area contributed by atoms with Crippen LogP contribution in [0.5, 0.6) is 0 Å². The zero-order chi connectivity index (χ0) is 39.8. The first-order chi connectivity index (χ1) is 27.9. The average Bonchev–Trinajstić information content (AvgIpc) is 3.83. The van der Waals surface area contributed by atoms with E-state index in [1.54, 1.807) is 0 Å². The fourth-order valence-corrected chi connectivity index (χ4v) is 10.8. The van der Waals surface area contributed by atoms with Crippen LogP contribution in [0.3, 0.4) is 0 Å². The van der Waals surface area contributed by atoms with E-state index in [-0.39, 0.29) is 11.1 Å². The summed E-state index contributed by atoms with van der Waals surface area (Å²) >= 11 is 0. The Bertz CT molecular complexity index is 3240. The summed E-state index contributed by atoms with van der Waals surface area (Å²) < 4.78 is 4.80. The second-order valence-corrected chi connectivity index (χ2v) is 17.5. The van der Waals surface area contributed by atoms with E-state index in [1.165, 1.54) is 71.9 Å². The fraction of sp³-hybridized carbons (Fsp3) is 0.208. The predicted octanol–water partition coefficient (Wildman–Crippen LogP) is 12.6. The molecule has 2 atom stereocenters. The SMILES string of the molecule is Cc1cc(C2=N[C@]3(C)Cc4ccccc4[C@]3(C)N2c2c(C)cc(C)cc2C)cc(-n2c3ccc(C)cc3c3ccc(-n4c5ccc(C)cc5c5cccnc54)cc32)c1. The number of aromatic nitrogens is 3. The molecule has 11 rings (SSSR count). The average molecular weight is 754 g/mol. The molecule has 4 heterocycles. The van der Waals surface area contributed by atoms with Crippen LogP contribution in [-0.4, -0.2) is 25.5 Å². The lowest BCUT2D eigenvalue weighted by molar-refractivity contribution is 0.321. The van der Waals surface area contributed by atoms with Crippen LogP contribution >= 0.6 is 0 Å². The largest absolute Gasteiger partial charge is 0.313 e. The number of rotatable bonds is 4. The molecule has 5 nitrogen and oxygen atoms in total. The smallest absolute Gasteiger partial charge is 0.145 e. The van der Waals surface area contributed by atoms with Gasteiger partial charge in [-0.2, -0.15) is 0 Å². The highest BCUT2D eigenvalue weighted by Crippen LogP contribution is 2.57. The van der Waals surface area contributed by atoms with Gasteiger partial charge in [-0.3, -0.25) is 9.56 Å². The number of aliphatic imine (C=N–C) groups is 1. The molecule has 0 saturated heterocycles. The molecule has 9 aromatic rings. The Morgan fingerprint density at radius 2 is 1.22 bits per heavy atom. The highest BCUT2D eigenvalue weighted by Gasteiger charge is 2.61. The summed E-state index contributed by atoms with van der Waals surface area (Å²) in [6.07, 6.45) is 2.80. The fourth-order valence-electron chi connectivity index (χ4n) is 10.8. The lowest BCUT2D eigenvalue weighted by Crippen LogP contribution is -2.52. The van der Waals surface area contributed by atoms with E-state index in [1.807, 2.05) is 12.3 Å². The molecule has 0 bridgehead atoms. The molecule has 0 amide bonds. The van der Waals surface area contributed by atoms with Gasteiger partial charge in [0.25, 0.3) is 0 Å². The lowest BCUT2D eigenvalue weighted by Gasteiger charge is -2.43. The first-order valence-electron chi connectivity index (χ1n) is 20.5. The first kappa shape index (κ1) is 34.8. The van der Waals surface area contributed by atoms with Crippen LogP contribution in [0.2, 0.25) is 0 Å². The second-order valence-electron chi connectivity index (χ2n) is 17.5. The van der Waals surface area contributed by atoms with E-state index in [0.29, 0.717) is 0 Å². The molecule has 3 aromatic heterocycles. The van der Waals surface area contributed by atoms with Crippen molar-refractivity contribution in [1.29, 1.82) is 0 Å². The lowest BCUT2D eigenvalue weighted by atomic mass is 9.79. The molecule has 0 unspecified atom stereocenters. The van der Waals surface area contributed by atoms with Crippen molar-refractivity contribution in [2.24, 2.45) is 4.99 Å². The molecule has 2 aliphatic rings. The number of hydrogen-bond donors (Lipinski definition) is 0. The van der Waals surface area contributed by atoms with Crippen molar-refractivity contribution in [3.8, 4) is 11.4 Å². The summed E-state index contributed by atoms with van der Waals surface area (Å²) in [5.74, 6) is 1.03. The number of benzene rings is 6. The van der Waals surface area contributed by atoms with Gasteiger partial charge in [-0.05, 0) is 150 Å². The molecule has 0 spiro atoms. The van der Waals surface area contributed by atoms with Crippen LogP contribution in [0.1, 0.15) is 63.9 Å². The van der Waals surface area contributed by atoms with Crippen LogP contribution in [0, 0.1) is 41.5 Å². The Balaban J connectivity index is 1.16. The highest BCUT2D eigenvalue weighted by atomic mass is 15.4. The van der Waals surface area contributed by atoms with Crippen molar-refractivity contribution in [3.05, 3.63) is 178 Å². The minimum atomic E-state index is -0.373. The summed E-state index contributed by atoms with van der Waals surface area (Å²) in [5.41, 5.74) is 18.6. The van der Waals surface area contributed by atoms with Crippen molar-refractivity contribution in [3.63, 3.8) is 0 Å². The van der Waals surface area contributed by atoms with Crippen LogP contribution in [0.25, 0.3) is 55.1 Å². The maximum atomic E-state index is 5.84. The third-order valence-electron chi connectivity index (χ3n) is 13.4. The Morgan fingerprint density at radius 1 is 0.534 bits per heavy atom. The zero-order valence-electron chi connectivity index (χ0n) is 34.6. The van der Waals surface area contributed by atoms with Gasteiger partial charge >= 0.3 is 0 Å². The molecule has 6 aromatic carbocycles. The Kier molecular flexibility index (Phi) is 7.21. The van der Waals surface area contributed by atoms with Crippen LogP contribution in [-0.2, 0) is 12.0 Å². The highest BCUT2D eigenvalue weighted by molar-refractivity contribution is 6.15. The molecule has 5 heteroatoms. The summed E-state index contributed by atoms with van der Waals surface area (Å²) in [4.78, 5) is 13.4. The third-order valence-corrected chi connectivity index (χ3v) is 13.4. The van der Waals surface area contributed by atoms with Crippen LogP contribution < -0.4 is 4.90 Å². The van der Waals surface area contributed by atoms with Crippen LogP contribution in [0.15, 0.2) is 133 Å². The zero-order valence-corrected chi connectivity index (χ0v) is 34.6. The van der Waals surface area contributed by atoms with Gasteiger partial charge in [0.15, 0.2) is 0 Å². The molecule has 1 aliphatic carbocycles. The molecule has 0 saturated carbocycles. The predicted molar refractivity (Wildman–Crippen MR) is 243 cm³/mol. The van der Waals surface area contributed by atoms with E-state index in [0.717, 1.165) is 51.3 Å². The molecule has 58 heavy (non-hydrogen) atoms. The number of amidine groups is 1. The minimum absolute atomic E-state index is 0.353. The summed E-state index contributed by atoms with van der Waals surface area (Å²) in [5, 5.41) is 4.86. The molecular formula is C53H47N5. The van der Waals surface area contributed by atoms with E-state index in [4.69, 9.17) is 9.98 Å². The van der Waals surface area contributed by atoms with Gasteiger partial charge in [0.2, 0.25) is 0 Å². The van der Waals surface area contributed by atoms with Gasteiger partial charge in [-0.15, -0.1) is 0 Å². The number of hydrogen-bond acceptors (Lipinski definition) is 3. The quantitative estimate of drug-likeness (QED) is 0.179. The molecule has 284 valence electrons. The standard InChI is InChI=1S/C53H47N5/c1-31-15-19-46-43(26-31)41-18-17-39(57-47-20-16-32(2)27-44(47)42-13-11-21-54-51(42)57)29-48(41)56(46)40-25-34(4)24-38(28-40)50-55-52(7)30-37-12-9-10-14-45(37)53(52,8)58(50)49-35(5)22-33(3)23-36(49)6/h9-29H,30H2,1-8H3/t52-,53+/m1/s1. The first-order valence-corrected chi connectivity index (χ1v) is 20.5. The molecule has 0 N–H and O–H groups in total. The molecule has 1 aliphatic heterocycles. The second kappa shape index (κ2) is 12.0. The molecule has 0 radical (unpaired) electrons. The van der Waals surface area contributed by atoms with Gasteiger partial charge in [-0.1, -0.05) is 71.3 Å². The number of anilines is 1. The van der Waals surface area contributed by atoms with Gasteiger partial charge < -0.3 is 9.47 Å². The third kappa shape index (κ3) is 4.70. The van der Waals surface area contributed by atoms with Crippen molar-refractivity contribution in [2.75, 3.05) is 4.90 Å². The normalized spacial score (nSPS) is 18.8. The number of pyridine rings is 1. The van der Waals surface area contributed by atoms with Gasteiger partial charge in [0.1, 0.15) is 11.5 Å². The van der Waals surface area contributed by atoms with Gasteiger partial charge in [0, 0.05) is 56.8 Å². The summed E-state index contributed by atoms with van der Waals surface area (Å²) in [7, 11) is 0. The Labute approximate surface area is 339 Å². The van der Waals surface area contributed by atoms with Crippen molar-refractivity contribution in [2.45, 2.75) is 72.9 Å². The van der Waals surface area contributed by atoms with Gasteiger partial charge in [-0.25, -0.2) is 4.98 Å². The Morgan fingerprint density at radius 3 is 1.98 bits per heavy atom. The van der Waals surface area contributed by atoms with E-state index < -0.39 is 0 Å². The maximum Gasteiger partial charge on any atom is 0.145 e. The van der Waals surface area contributed by atoms with Crippen molar-refractivity contribution >= 4 is 55.3 Å². The van der Waals surface area contributed by atoms with Crippen LogP contribution in [0.4, 0.5) is 5.69 Å². The topological polar surface area (TPSA) is 38.4 Å². The molecule has 0 fully saturated rings. The summed E-state index contributed by atoms with van der Waals surface area (Å²) in [6.45, 7) is 18.1. The molecular weight excluding hydrogens is 707 g/mol. The van der Waals surface area contributed by atoms with Crippen molar-refractivity contribution in [1.82, 2.24) is 14.1 Å². The number of nitrogens with zero attached hydrogens (tertiary/aromatic N) is 5. The minimum Gasteiger partial charge on any atom is -0.313 e. The number of aryl methyl sites for hydroxylation is 6. The van der Waals surface area contributed by atoms with E-state index >= 15 is 0 Å². The van der Waals surface area contributed by atoms with Crippen molar-refractivity contribution < 1.29 is 0 Å². The summed E-state index contributed by atoms with van der Waals surface area (Å²) in [6, 6.07) is 45.4. The Hall–Kier alpha value is -6.46. The maximum absolute atomic E-state index is 5.84. The van der Waals surface area contributed by atoms with E-state index in [2.05, 4.69) is 185 Å². The van der Waals surface area contributed by atoms with E-state index in [9.17, 15) is 0 Å².